The van der Waals surface area contributed by atoms with Crippen LogP contribution in [0.15, 0.2) is 53.1 Å². The van der Waals surface area contributed by atoms with E-state index in [1.54, 1.807) is 12.1 Å². The van der Waals surface area contributed by atoms with Crippen LogP contribution in [0.1, 0.15) is 31.2 Å². The molecule has 0 aliphatic rings. The molecule has 0 saturated carbocycles. The molecule has 1 heterocycles. The number of carbonyl (C=O) groups is 1. The van der Waals surface area contributed by atoms with E-state index in [2.05, 4.69) is 22.4 Å². The Morgan fingerprint density at radius 3 is 2.69 bits per heavy atom. The molecule has 2 aromatic carbocycles. The minimum atomic E-state index is -0.312. The van der Waals surface area contributed by atoms with Gasteiger partial charge in [-0.3, -0.25) is 4.79 Å². The Hall–Kier alpha value is -3.02. The van der Waals surface area contributed by atoms with Gasteiger partial charge in [0.25, 0.3) is 0 Å². The fraction of sp³-hybridized carbons (Fsp3) is 0.250. The van der Waals surface area contributed by atoms with Gasteiger partial charge in [-0.05, 0) is 48.7 Å². The Balaban J connectivity index is 1.50. The van der Waals surface area contributed by atoms with Gasteiger partial charge in [-0.15, -0.1) is 0 Å². The van der Waals surface area contributed by atoms with E-state index >= 15 is 0 Å². The molecule has 3 aromatic rings. The molecule has 0 aliphatic heterocycles. The number of nitrogens with one attached hydrogen (secondary N) is 1. The molecule has 0 bridgehead atoms. The van der Waals surface area contributed by atoms with Crippen LogP contribution in [-0.4, -0.2) is 16.0 Å². The maximum Gasteiger partial charge on any atom is 0.226 e. The highest BCUT2D eigenvalue weighted by Crippen LogP contribution is 2.18. The number of hydrogen-bond acceptors (Lipinski definition) is 4. The first-order chi connectivity index (χ1) is 12.7. The zero-order valence-electron chi connectivity index (χ0n) is 14.5. The van der Waals surface area contributed by atoms with E-state index in [4.69, 9.17) is 4.52 Å². The summed E-state index contributed by atoms with van der Waals surface area (Å²) < 4.78 is 18.2. The van der Waals surface area contributed by atoms with Crippen LogP contribution in [0.25, 0.3) is 11.4 Å². The first kappa shape index (κ1) is 17.8. The van der Waals surface area contributed by atoms with Gasteiger partial charge in [-0.25, -0.2) is 4.39 Å². The monoisotopic (exact) mass is 353 g/mol. The number of rotatable bonds is 7. The number of halogens is 1. The van der Waals surface area contributed by atoms with E-state index < -0.39 is 0 Å². The highest BCUT2D eigenvalue weighted by Gasteiger charge is 2.10. The topological polar surface area (TPSA) is 68.0 Å². The van der Waals surface area contributed by atoms with E-state index in [0.29, 0.717) is 36.5 Å². The number of hydrogen-bond donors (Lipinski definition) is 1. The van der Waals surface area contributed by atoms with E-state index in [1.807, 2.05) is 24.3 Å². The Bertz CT molecular complexity index is 875. The molecule has 0 atom stereocenters. The third-order valence-electron chi connectivity index (χ3n) is 4.04. The number of anilines is 1. The second kappa shape index (κ2) is 8.38. The minimum Gasteiger partial charge on any atom is -0.339 e. The van der Waals surface area contributed by atoms with Crippen molar-refractivity contribution in [3.63, 3.8) is 0 Å². The predicted octanol–water partition coefficient (Wildman–Crippen LogP) is 4.40. The molecule has 1 amide bonds. The summed E-state index contributed by atoms with van der Waals surface area (Å²) in [6.45, 7) is 2.05. The second-order valence-electron chi connectivity index (χ2n) is 5.93. The molecule has 5 nitrogen and oxygen atoms in total. The lowest BCUT2D eigenvalue weighted by Gasteiger charge is -2.09. The third-order valence-corrected chi connectivity index (χ3v) is 4.04. The van der Waals surface area contributed by atoms with E-state index in [1.165, 1.54) is 12.1 Å². The van der Waals surface area contributed by atoms with Gasteiger partial charge in [-0.1, -0.05) is 30.3 Å². The molecule has 134 valence electrons. The Kier molecular flexibility index (Phi) is 5.73. The normalized spacial score (nSPS) is 10.7. The van der Waals surface area contributed by atoms with Crippen molar-refractivity contribution in [3.8, 4) is 11.4 Å². The molecule has 0 aliphatic carbocycles. The number of aromatic nitrogens is 2. The fourth-order valence-corrected chi connectivity index (χ4v) is 2.64. The molecule has 0 fully saturated rings. The van der Waals surface area contributed by atoms with Gasteiger partial charge in [0.1, 0.15) is 5.82 Å². The van der Waals surface area contributed by atoms with Gasteiger partial charge >= 0.3 is 0 Å². The first-order valence-corrected chi connectivity index (χ1v) is 8.62. The summed E-state index contributed by atoms with van der Waals surface area (Å²) in [6.07, 6.45) is 2.35. The van der Waals surface area contributed by atoms with Crippen molar-refractivity contribution in [2.24, 2.45) is 0 Å². The molecular formula is C20H20FN3O2. The Labute approximate surface area is 151 Å². The van der Waals surface area contributed by atoms with E-state index in [9.17, 15) is 9.18 Å². The standard InChI is InChI=1S/C20H20FN3O2/c1-2-14-6-3-4-7-17(14)22-18(25)8-5-9-19-23-20(24-26-19)15-10-12-16(21)13-11-15/h3-4,6-7,10-13H,2,5,8-9H2,1H3,(H,22,25). The summed E-state index contributed by atoms with van der Waals surface area (Å²) in [4.78, 5) is 16.4. The number of amides is 1. The molecule has 26 heavy (non-hydrogen) atoms. The van der Waals surface area contributed by atoms with Crippen molar-refractivity contribution in [1.82, 2.24) is 10.1 Å². The SMILES string of the molecule is CCc1ccccc1NC(=O)CCCc1nc(-c2ccc(F)cc2)no1. The minimum absolute atomic E-state index is 0.0378. The molecule has 0 spiro atoms. The number of para-hydroxylation sites is 1. The smallest absolute Gasteiger partial charge is 0.226 e. The largest absolute Gasteiger partial charge is 0.339 e. The van der Waals surface area contributed by atoms with Crippen molar-refractivity contribution in [1.29, 1.82) is 0 Å². The van der Waals surface area contributed by atoms with Crippen LogP contribution in [0.3, 0.4) is 0 Å². The summed E-state index contributed by atoms with van der Waals surface area (Å²) in [7, 11) is 0. The lowest BCUT2D eigenvalue weighted by Crippen LogP contribution is -2.12. The fourth-order valence-electron chi connectivity index (χ4n) is 2.64. The maximum absolute atomic E-state index is 13.0. The Morgan fingerprint density at radius 2 is 1.92 bits per heavy atom. The summed E-state index contributed by atoms with van der Waals surface area (Å²) in [5.41, 5.74) is 2.66. The molecule has 0 saturated heterocycles. The summed E-state index contributed by atoms with van der Waals surface area (Å²) in [5, 5.41) is 6.84. The number of carbonyl (C=O) groups excluding carboxylic acids is 1. The zero-order valence-corrected chi connectivity index (χ0v) is 14.5. The molecule has 0 unspecified atom stereocenters. The van der Waals surface area contributed by atoms with Gasteiger partial charge in [0.2, 0.25) is 17.6 Å². The molecule has 1 aromatic heterocycles. The van der Waals surface area contributed by atoms with Crippen LogP contribution in [-0.2, 0) is 17.6 Å². The van der Waals surface area contributed by atoms with Crippen LogP contribution in [0.4, 0.5) is 10.1 Å². The average Bonchev–Trinajstić information content (AvgIpc) is 3.11. The second-order valence-corrected chi connectivity index (χ2v) is 5.93. The summed E-state index contributed by atoms with van der Waals surface area (Å²) in [5.74, 6) is 0.532. The van der Waals surface area contributed by atoms with Crippen LogP contribution >= 0.6 is 0 Å². The maximum atomic E-state index is 13.0. The van der Waals surface area contributed by atoms with Gasteiger partial charge in [-0.2, -0.15) is 4.98 Å². The zero-order chi connectivity index (χ0) is 18.4. The third kappa shape index (κ3) is 4.53. The van der Waals surface area contributed by atoms with Crippen molar-refractivity contribution in [3.05, 3.63) is 65.8 Å². The lowest BCUT2D eigenvalue weighted by molar-refractivity contribution is -0.116. The van der Waals surface area contributed by atoms with Gasteiger partial charge in [0, 0.05) is 24.1 Å². The summed E-state index contributed by atoms with van der Waals surface area (Å²) >= 11 is 0. The van der Waals surface area contributed by atoms with Gasteiger partial charge in [0.05, 0.1) is 0 Å². The molecule has 3 rings (SSSR count). The van der Waals surface area contributed by atoms with Crippen LogP contribution in [0.5, 0.6) is 0 Å². The van der Waals surface area contributed by atoms with E-state index in [-0.39, 0.29) is 11.7 Å². The number of benzene rings is 2. The van der Waals surface area contributed by atoms with Crippen LogP contribution in [0, 0.1) is 5.82 Å². The number of nitrogens with zero attached hydrogens (tertiary/aromatic N) is 2. The quantitative estimate of drug-likeness (QED) is 0.683. The highest BCUT2D eigenvalue weighted by atomic mass is 19.1. The summed E-state index contributed by atoms with van der Waals surface area (Å²) in [6, 6.07) is 13.7. The first-order valence-electron chi connectivity index (χ1n) is 8.62. The predicted molar refractivity (Wildman–Crippen MR) is 97.1 cm³/mol. The number of aryl methyl sites for hydroxylation is 2. The van der Waals surface area contributed by atoms with Crippen LogP contribution in [0.2, 0.25) is 0 Å². The lowest BCUT2D eigenvalue weighted by atomic mass is 10.1. The van der Waals surface area contributed by atoms with Crippen molar-refractivity contribution >= 4 is 11.6 Å². The molecule has 0 radical (unpaired) electrons. The van der Waals surface area contributed by atoms with Gasteiger partial charge in [0.15, 0.2) is 0 Å². The average molecular weight is 353 g/mol. The van der Waals surface area contributed by atoms with Gasteiger partial charge < -0.3 is 9.84 Å². The molecule has 6 heteroatoms. The highest BCUT2D eigenvalue weighted by molar-refractivity contribution is 5.91. The molecular weight excluding hydrogens is 333 g/mol. The Morgan fingerprint density at radius 1 is 1.15 bits per heavy atom. The van der Waals surface area contributed by atoms with Crippen molar-refractivity contribution in [2.75, 3.05) is 5.32 Å². The van der Waals surface area contributed by atoms with Crippen LogP contribution < -0.4 is 5.32 Å². The van der Waals surface area contributed by atoms with E-state index in [0.717, 1.165) is 17.7 Å². The van der Waals surface area contributed by atoms with Crippen molar-refractivity contribution < 1.29 is 13.7 Å². The molecule has 1 N–H and O–H groups in total. The van der Waals surface area contributed by atoms with Crippen molar-refractivity contribution in [2.45, 2.75) is 32.6 Å².